The van der Waals surface area contributed by atoms with Gasteiger partial charge in [0, 0.05) is 22.9 Å². The van der Waals surface area contributed by atoms with Crippen molar-refractivity contribution in [3.05, 3.63) is 63.5 Å². The maximum atomic E-state index is 12.6. The molecule has 0 radical (unpaired) electrons. The van der Waals surface area contributed by atoms with Crippen molar-refractivity contribution in [1.29, 1.82) is 0 Å². The fourth-order valence-electron chi connectivity index (χ4n) is 2.84. The lowest BCUT2D eigenvalue weighted by atomic mass is 10.0. The van der Waals surface area contributed by atoms with E-state index in [0.717, 1.165) is 11.1 Å². The van der Waals surface area contributed by atoms with Crippen LogP contribution in [0.25, 0.3) is 11.3 Å². The highest BCUT2D eigenvalue weighted by Crippen LogP contribution is 2.32. The lowest BCUT2D eigenvalue weighted by molar-refractivity contribution is -0.120. The first kappa shape index (κ1) is 22.1. The van der Waals surface area contributed by atoms with Crippen LogP contribution < -0.4 is 15.4 Å². The van der Waals surface area contributed by atoms with Gasteiger partial charge in [-0.1, -0.05) is 35.3 Å². The molecule has 9 heteroatoms. The summed E-state index contributed by atoms with van der Waals surface area (Å²) in [6, 6.07) is 11.9. The number of benzene rings is 2. The maximum Gasteiger partial charge on any atom is 0.228 e. The number of aromatic nitrogens is 1. The van der Waals surface area contributed by atoms with Crippen molar-refractivity contribution >= 4 is 51.5 Å². The first-order valence-corrected chi connectivity index (χ1v) is 10.6. The molecule has 3 rings (SSSR count). The molecular formula is C21H19Cl2N3O3S. The van der Waals surface area contributed by atoms with Gasteiger partial charge in [0.2, 0.25) is 11.8 Å². The second-order valence-electron chi connectivity index (χ2n) is 6.44. The van der Waals surface area contributed by atoms with Crippen molar-refractivity contribution in [3.63, 3.8) is 0 Å². The van der Waals surface area contributed by atoms with Crippen LogP contribution in [-0.2, 0) is 9.59 Å². The third-order valence-electron chi connectivity index (χ3n) is 4.24. The number of nitrogens with one attached hydrogen (secondary N) is 2. The lowest BCUT2D eigenvalue weighted by Crippen LogP contribution is -2.29. The topological polar surface area (TPSA) is 80.3 Å². The maximum absolute atomic E-state index is 12.6. The zero-order valence-corrected chi connectivity index (χ0v) is 18.6. The molecular weight excluding hydrogens is 445 g/mol. The molecule has 0 aliphatic rings. The van der Waals surface area contributed by atoms with E-state index in [2.05, 4.69) is 15.6 Å². The highest BCUT2D eigenvalue weighted by Gasteiger charge is 2.18. The van der Waals surface area contributed by atoms with Crippen LogP contribution in [0.15, 0.2) is 47.8 Å². The number of hydrogen-bond donors (Lipinski definition) is 2. The Morgan fingerprint density at radius 3 is 2.53 bits per heavy atom. The molecule has 2 aromatic carbocycles. The van der Waals surface area contributed by atoms with Crippen LogP contribution >= 0.6 is 34.5 Å². The lowest BCUT2D eigenvalue weighted by Gasteiger charge is -2.17. The number of carbonyl (C=O) groups is 2. The summed E-state index contributed by atoms with van der Waals surface area (Å²) in [5.74, 6) is 0.0865. The van der Waals surface area contributed by atoms with Crippen molar-refractivity contribution in [2.45, 2.75) is 19.4 Å². The average molecular weight is 464 g/mol. The molecule has 156 valence electrons. The summed E-state index contributed by atoms with van der Waals surface area (Å²) in [5.41, 5.74) is 2.29. The Balaban J connectivity index is 1.69. The fraction of sp³-hybridized carbons (Fsp3) is 0.190. The third kappa shape index (κ3) is 5.72. The molecule has 2 N–H and O–H groups in total. The van der Waals surface area contributed by atoms with Gasteiger partial charge in [0.05, 0.1) is 30.3 Å². The highest BCUT2D eigenvalue weighted by molar-refractivity contribution is 7.14. The molecule has 0 saturated carbocycles. The summed E-state index contributed by atoms with van der Waals surface area (Å²) in [6.07, 6.45) is 0.0600. The number of halogens is 2. The minimum atomic E-state index is -0.473. The largest absolute Gasteiger partial charge is 0.495 e. The van der Waals surface area contributed by atoms with Gasteiger partial charge in [-0.2, -0.15) is 0 Å². The fourth-order valence-corrected chi connectivity index (χ4v) is 3.96. The van der Waals surface area contributed by atoms with Gasteiger partial charge in [0.1, 0.15) is 5.75 Å². The summed E-state index contributed by atoms with van der Waals surface area (Å²) in [7, 11) is 1.55. The minimum Gasteiger partial charge on any atom is -0.495 e. The Morgan fingerprint density at radius 1 is 1.17 bits per heavy atom. The number of methoxy groups -OCH3 is 1. The predicted octanol–water partition coefficient (Wildman–Crippen LogP) is 5.33. The molecule has 0 fully saturated rings. The van der Waals surface area contributed by atoms with E-state index in [-0.39, 0.29) is 18.2 Å². The van der Waals surface area contributed by atoms with E-state index < -0.39 is 6.04 Å². The smallest absolute Gasteiger partial charge is 0.228 e. The number of ether oxygens (including phenoxy) is 1. The average Bonchev–Trinajstić information content (AvgIpc) is 3.16. The van der Waals surface area contributed by atoms with Crippen molar-refractivity contribution in [2.24, 2.45) is 0 Å². The van der Waals surface area contributed by atoms with Gasteiger partial charge in [-0.3, -0.25) is 9.59 Å². The van der Waals surface area contributed by atoms with Gasteiger partial charge >= 0.3 is 0 Å². The zero-order chi connectivity index (χ0) is 21.7. The van der Waals surface area contributed by atoms with Gasteiger partial charge in [-0.05, 0) is 35.9 Å². The minimum absolute atomic E-state index is 0.0600. The van der Waals surface area contributed by atoms with E-state index >= 15 is 0 Å². The molecule has 0 aliphatic heterocycles. The predicted molar refractivity (Wildman–Crippen MR) is 120 cm³/mol. The van der Waals surface area contributed by atoms with Crippen LogP contribution in [0.4, 0.5) is 5.13 Å². The van der Waals surface area contributed by atoms with Crippen LogP contribution in [0.5, 0.6) is 5.75 Å². The number of amides is 2. The van der Waals surface area contributed by atoms with Crippen LogP contribution in [-0.4, -0.2) is 23.9 Å². The quantitative estimate of drug-likeness (QED) is 0.495. The number of anilines is 1. The Kier molecular flexibility index (Phi) is 7.31. The van der Waals surface area contributed by atoms with Gasteiger partial charge in [0.25, 0.3) is 0 Å². The molecule has 1 atom stereocenters. The molecule has 2 amide bonds. The van der Waals surface area contributed by atoms with Gasteiger partial charge in [-0.15, -0.1) is 11.3 Å². The number of nitrogens with zero attached hydrogens (tertiary/aromatic N) is 1. The normalized spacial score (nSPS) is 11.6. The van der Waals surface area contributed by atoms with E-state index in [4.69, 9.17) is 27.9 Å². The number of hydrogen-bond acceptors (Lipinski definition) is 5. The first-order valence-electron chi connectivity index (χ1n) is 8.97. The monoisotopic (exact) mass is 463 g/mol. The third-order valence-corrected chi connectivity index (χ3v) is 5.54. The Labute approximate surface area is 188 Å². The van der Waals surface area contributed by atoms with Gasteiger partial charge < -0.3 is 15.4 Å². The molecule has 6 nitrogen and oxygen atoms in total. The standard InChI is InChI=1S/C21H19Cl2N3O3S/c1-12(27)24-17(13-3-6-15(22)7-4-13)10-20(28)26-21-25-18(11-30-21)14-5-8-19(29-2)16(23)9-14/h3-9,11,17H,10H2,1-2H3,(H,24,27)(H,25,26,28). The summed E-state index contributed by atoms with van der Waals surface area (Å²) in [6.45, 7) is 1.41. The first-order chi connectivity index (χ1) is 14.4. The van der Waals surface area contributed by atoms with Crippen molar-refractivity contribution in [1.82, 2.24) is 10.3 Å². The van der Waals surface area contributed by atoms with Crippen LogP contribution in [0, 0.1) is 0 Å². The number of rotatable bonds is 7. The Bertz CT molecular complexity index is 1050. The number of thiazole rings is 1. The molecule has 0 saturated heterocycles. The van der Waals surface area contributed by atoms with E-state index in [1.54, 1.807) is 43.5 Å². The zero-order valence-electron chi connectivity index (χ0n) is 16.2. The molecule has 1 heterocycles. The SMILES string of the molecule is COc1ccc(-c2csc(NC(=O)CC(NC(C)=O)c3ccc(Cl)cc3)n2)cc1Cl. The summed E-state index contributed by atoms with van der Waals surface area (Å²) < 4.78 is 5.16. The highest BCUT2D eigenvalue weighted by atomic mass is 35.5. The van der Waals surface area contributed by atoms with Gasteiger partial charge in [-0.25, -0.2) is 4.98 Å². The number of carbonyl (C=O) groups excluding carboxylic acids is 2. The van der Waals surface area contributed by atoms with Crippen molar-refractivity contribution < 1.29 is 14.3 Å². The van der Waals surface area contributed by atoms with E-state index in [1.165, 1.54) is 18.3 Å². The van der Waals surface area contributed by atoms with Crippen LogP contribution in [0.2, 0.25) is 10.0 Å². The van der Waals surface area contributed by atoms with Crippen LogP contribution in [0.1, 0.15) is 24.9 Å². The molecule has 0 spiro atoms. The molecule has 0 bridgehead atoms. The second-order valence-corrected chi connectivity index (χ2v) is 8.15. The van der Waals surface area contributed by atoms with Crippen molar-refractivity contribution in [3.8, 4) is 17.0 Å². The Hall–Kier alpha value is -2.61. The van der Waals surface area contributed by atoms with E-state index in [1.807, 2.05) is 11.4 Å². The molecule has 1 unspecified atom stereocenters. The van der Waals surface area contributed by atoms with Crippen LogP contribution in [0.3, 0.4) is 0 Å². The molecule has 0 aliphatic carbocycles. The molecule has 1 aromatic heterocycles. The van der Waals surface area contributed by atoms with E-state index in [0.29, 0.717) is 26.6 Å². The van der Waals surface area contributed by atoms with Crippen molar-refractivity contribution in [2.75, 3.05) is 12.4 Å². The molecule has 30 heavy (non-hydrogen) atoms. The Morgan fingerprint density at radius 2 is 1.90 bits per heavy atom. The summed E-state index contributed by atoms with van der Waals surface area (Å²) in [4.78, 5) is 28.6. The van der Waals surface area contributed by atoms with E-state index in [9.17, 15) is 9.59 Å². The summed E-state index contributed by atoms with van der Waals surface area (Å²) in [5, 5.41) is 8.93. The molecule has 3 aromatic rings. The van der Waals surface area contributed by atoms with Gasteiger partial charge in [0.15, 0.2) is 5.13 Å². The second kappa shape index (κ2) is 9.93. The summed E-state index contributed by atoms with van der Waals surface area (Å²) >= 11 is 13.4.